The summed E-state index contributed by atoms with van der Waals surface area (Å²) in [5, 5.41) is 8.32. The summed E-state index contributed by atoms with van der Waals surface area (Å²) in [6, 6.07) is 5.73. The summed E-state index contributed by atoms with van der Waals surface area (Å²) < 4.78 is 7.17. The number of nitrogens with one attached hydrogen (secondary N) is 1. The molecule has 0 spiro atoms. The molecule has 4 rings (SSSR count). The molecule has 0 aliphatic carbocycles. The Kier molecular flexibility index (Phi) is 3.75. The maximum atomic E-state index is 5.42. The summed E-state index contributed by atoms with van der Waals surface area (Å²) in [5.74, 6) is 1.09. The molecule has 0 atom stereocenters. The number of fused-ring (bicyclic) bond motifs is 1. The minimum atomic E-state index is 0.389. The average Bonchev–Trinajstić information content (AvgIpc) is 3.07. The Labute approximate surface area is 138 Å². The molecule has 1 aliphatic heterocycles. The lowest BCUT2D eigenvalue weighted by Crippen LogP contribution is -2.38. The summed E-state index contributed by atoms with van der Waals surface area (Å²) in [5.41, 5.74) is 5.18. The number of aromatic nitrogens is 5. The number of pyridine rings is 1. The van der Waals surface area contributed by atoms with Crippen molar-refractivity contribution in [2.75, 3.05) is 36.6 Å². The Bertz CT molecular complexity index is 857. The fourth-order valence-electron chi connectivity index (χ4n) is 2.63. The van der Waals surface area contributed by atoms with E-state index in [0.29, 0.717) is 30.8 Å². The topological polar surface area (TPSA) is 92.8 Å². The molecule has 3 aromatic heterocycles. The van der Waals surface area contributed by atoms with Crippen LogP contribution in [-0.2, 0) is 4.74 Å². The van der Waals surface area contributed by atoms with Crippen molar-refractivity contribution < 1.29 is 4.74 Å². The van der Waals surface area contributed by atoms with Crippen LogP contribution in [0.5, 0.6) is 0 Å². The van der Waals surface area contributed by atoms with E-state index in [9.17, 15) is 0 Å². The summed E-state index contributed by atoms with van der Waals surface area (Å²) in [6.45, 7) is 6.24. The monoisotopic (exact) mass is 324 g/mol. The van der Waals surface area contributed by atoms with Gasteiger partial charge >= 0.3 is 0 Å². The molecule has 9 nitrogen and oxygen atoms in total. The molecule has 0 amide bonds. The molecule has 4 heterocycles. The normalized spacial score (nSPS) is 14.8. The van der Waals surface area contributed by atoms with Crippen molar-refractivity contribution in [3.8, 4) is 11.3 Å². The maximum Gasteiger partial charge on any atom is 0.248 e. The Morgan fingerprint density at radius 3 is 2.71 bits per heavy atom. The Balaban J connectivity index is 1.85. The van der Waals surface area contributed by atoms with Gasteiger partial charge in [-0.15, -0.1) is 0 Å². The first-order chi connectivity index (χ1) is 11.8. The quantitative estimate of drug-likeness (QED) is 0.566. The van der Waals surface area contributed by atoms with Crippen molar-refractivity contribution in [2.24, 2.45) is 5.10 Å². The van der Waals surface area contributed by atoms with Gasteiger partial charge in [0.05, 0.1) is 18.9 Å². The van der Waals surface area contributed by atoms with E-state index < -0.39 is 0 Å². The number of nitrogens with zero attached hydrogens (tertiary/aromatic N) is 7. The molecule has 1 fully saturated rings. The fraction of sp³-hybridized carbons (Fsp3) is 0.267. The van der Waals surface area contributed by atoms with Gasteiger partial charge in [-0.3, -0.25) is 4.98 Å². The SMILES string of the molecule is C=NNc1nc(N2CCOCC2)n2nc(-c3ccncc3)cc2n1. The van der Waals surface area contributed by atoms with Crippen molar-refractivity contribution in [3.05, 3.63) is 30.6 Å². The summed E-state index contributed by atoms with van der Waals surface area (Å²) >= 11 is 0. The van der Waals surface area contributed by atoms with E-state index in [4.69, 9.17) is 4.74 Å². The van der Waals surface area contributed by atoms with E-state index in [0.717, 1.165) is 24.3 Å². The van der Waals surface area contributed by atoms with Gasteiger partial charge in [0.2, 0.25) is 11.9 Å². The summed E-state index contributed by atoms with van der Waals surface area (Å²) in [7, 11) is 0. The van der Waals surface area contributed by atoms with Gasteiger partial charge in [0, 0.05) is 43.8 Å². The summed E-state index contributed by atoms with van der Waals surface area (Å²) in [6.07, 6.45) is 3.48. The predicted octanol–water partition coefficient (Wildman–Crippen LogP) is 1.05. The average molecular weight is 324 g/mol. The van der Waals surface area contributed by atoms with Crippen LogP contribution in [0.4, 0.5) is 11.9 Å². The highest BCUT2D eigenvalue weighted by molar-refractivity contribution is 5.65. The van der Waals surface area contributed by atoms with Gasteiger partial charge in [0.1, 0.15) is 0 Å². The van der Waals surface area contributed by atoms with Crippen LogP contribution >= 0.6 is 0 Å². The van der Waals surface area contributed by atoms with Crippen LogP contribution in [0.1, 0.15) is 0 Å². The third-order valence-corrected chi connectivity index (χ3v) is 3.76. The molecular weight excluding hydrogens is 308 g/mol. The van der Waals surface area contributed by atoms with Crippen molar-refractivity contribution >= 4 is 24.3 Å². The second-order valence-electron chi connectivity index (χ2n) is 5.25. The van der Waals surface area contributed by atoms with Crippen LogP contribution in [0.15, 0.2) is 35.7 Å². The lowest BCUT2D eigenvalue weighted by molar-refractivity contribution is 0.122. The number of hydrazone groups is 1. The van der Waals surface area contributed by atoms with Gasteiger partial charge in [-0.2, -0.15) is 24.7 Å². The Morgan fingerprint density at radius 2 is 1.96 bits per heavy atom. The van der Waals surface area contributed by atoms with Gasteiger partial charge in [0.15, 0.2) is 5.65 Å². The first-order valence-electron chi connectivity index (χ1n) is 7.58. The fourth-order valence-corrected chi connectivity index (χ4v) is 2.63. The maximum absolute atomic E-state index is 5.42. The highest BCUT2D eigenvalue weighted by Gasteiger charge is 2.19. The Morgan fingerprint density at radius 1 is 1.17 bits per heavy atom. The number of hydrogen-bond acceptors (Lipinski definition) is 8. The number of rotatable bonds is 4. The second-order valence-corrected chi connectivity index (χ2v) is 5.25. The zero-order chi connectivity index (χ0) is 16.4. The first-order valence-corrected chi connectivity index (χ1v) is 7.58. The van der Waals surface area contributed by atoms with Gasteiger partial charge in [-0.05, 0) is 12.1 Å². The van der Waals surface area contributed by atoms with Crippen LogP contribution in [0.3, 0.4) is 0 Å². The molecule has 1 N–H and O–H groups in total. The van der Waals surface area contributed by atoms with E-state index in [1.54, 1.807) is 16.9 Å². The molecule has 0 aromatic carbocycles. The molecule has 1 saturated heterocycles. The van der Waals surface area contributed by atoms with E-state index in [-0.39, 0.29) is 0 Å². The van der Waals surface area contributed by atoms with Crippen molar-refractivity contribution in [1.82, 2.24) is 24.6 Å². The van der Waals surface area contributed by atoms with E-state index >= 15 is 0 Å². The lowest BCUT2D eigenvalue weighted by atomic mass is 10.2. The number of morpholine rings is 1. The standard InChI is InChI=1S/C15H16N8O/c1-16-20-14-18-13-10-12(11-2-4-17-5-3-11)21-23(13)15(19-14)22-6-8-24-9-7-22/h2-5,10H,1,6-9H2,(H,18,20). The smallest absolute Gasteiger partial charge is 0.248 e. The van der Waals surface area contributed by atoms with Crippen LogP contribution < -0.4 is 10.3 Å². The summed E-state index contributed by atoms with van der Waals surface area (Å²) in [4.78, 5) is 15.1. The van der Waals surface area contributed by atoms with Crippen molar-refractivity contribution in [2.45, 2.75) is 0 Å². The highest BCUT2D eigenvalue weighted by atomic mass is 16.5. The van der Waals surface area contributed by atoms with Gasteiger partial charge in [-0.25, -0.2) is 5.43 Å². The van der Waals surface area contributed by atoms with Gasteiger partial charge in [-0.1, -0.05) is 0 Å². The van der Waals surface area contributed by atoms with Crippen LogP contribution in [0.25, 0.3) is 16.9 Å². The van der Waals surface area contributed by atoms with Crippen LogP contribution in [0.2, 0.25) is 0 Å². The van der Waals surface area contributed by atoms with Crippen LogP contribution in [-0.4, -0.2) is 57.6 Å². The van der Waals surface area contributed by atoms with Crippen molar-refractivity contribution in [1.29, 1.82) is 0 Å². The number of anilines is 2. The van der Waals surface area contributed by atoms with E-state index in [1.165, 1.54) is 0 Å². The lowest BCUT2D eigenvalue weighted by Gasteiger charge is -2.27. The first kappa shape index (κ1) is 14.5. The Hall–Kier alpha value is -3.07. The molecule has 3 aromatic rings. The second kappa shape index (κ2) is 6.20. The van der Waals surface area contributed by atoms with Crippen molar-refractivity contribution in [3.63, 3.8) is 0 Å². The predicted molar refractivity (Wildman–Crippen MR) is 90.2 cm³/mol. The molecule has 1 aliphatic rings. The number of hydrogen-bond donors (Lipinski definition) is 1. The molecule has 122 valence electrons. The molecule has 0 bridgehead atoms. The molecule has 9 heteroatoms. The molecule has 24 heavy (non-hydrogen) atoms. The zero-order valence-electron chi connectivity index (χ0n) is 13.0. The zero-order valence-corrected chi connectivity index (χ0v) is 13.0. The highest BCUT2D eigenvalue weighted by Crippen LogP contribution is 2.23. The van der Waals surface area contributed by atoms with E-state index in [1.807, 2.05) is 18.2 Å². The van der Waals surface area contributed by atoms with Gasteiger partial charge in [0.25, 0.3) is 0 Å². The molecule has 0 saturated carbocycles. The molecule has 0 unspecified atom stereocenters. The third kappa shape index (κ3) is 2.65. The number of ether oxygens (including phenoxy) is 1. The minimum Gasteiger partial charge on any atom is -0.378 e. The largest absolute Gasteiger partial charge is 0.378 e. The third-order valence-electron chi connectivity index (χ3n) is 3.76. The molecule has 0 radical (unpaired) electrons. The van der Waals surface area contributed by atoms with Crippen LogP contribution in [0, 0.1) is 0 Å². The van der Waals surface area contributed by atoms with E-state index in [2.05, 4.69) is 42.2 Å². The van der Waals surface area contributed by atoms with Gasteiger partial charge < -0.3 is 9.64 Å². The molecular formula is C15H16N8O. The minimum absolute atomic E-state index is 0.389.